The van der Waals surface area contributed by atoms with Gasteiger partial charge in [-0.2, -0.15) is 0 Å². The van der Waals surface area contributed by atoms with Crippen molar-refractivity contribution in [1.82, 2.24) is 4.98 Å². The number of thiazole rings is 1. The van der Waals surface area contributed by atoms with E-state index in [0.717, 1.165) is 28.1 Å². The first-order valence-electron chi connectivity index (χ1n) is 7.05. The van der Waals surface area contributed by atoms with Crippen LogP contribution in [0.2, 0.25) is 0 Å². The average Bonchev–Trinajstić information content (AvgIpc) is 3.08. The smallest absolute Gasteiger partial charge is 0.189 e. The van der Waals surface area contributed by atoms with E-state index in [-0.39, 0.29) is 0 Å². The first kappa shape index (κ1) is 14.7. The van der Waals surface area contributed by atoms with Gasteiger partial charge < -0.3 is 15.8 Å². The van der Waals surface area contributed by atoms with E-state index in [1.807, 2.05) is 24.8 Å². The zero-order valence-electron chi connectivity index (χ0n) is 12.0. The summed E-state index contributed by atoms with van der Waals surface area (Å²) < 4.78 is 5.66. The molecule has 3 N–H and O–H groups in total. The van der Waals surface area contributed by atoms with Gasteiger partial charge in [0, 0.05) is 27.8 Å². The maximum atomic E-state index is 5.78. The lowest BCUT2D eigenvalue weighted by molar-refractivity contribution is 0.129. The molecule has 1 aliphatic heterocycles. The fourth-order valence-electron chi connectivity index (χ4n) is 2.21. The molecule has 2 aromatic rings. The summed E-state index contributed by atoms with van der Waals surface area (Å²) in [5, 5.41) is 4.16. The van der Waals surface area contributed by atoms with Crippen LogP contribution in [0.4, 0.5) is 16.6 Å². The Morgan fingerprint density at radius 3 is 3.14 bits per heavy atom. The van der Waals surface area contributed by atoms with Gasteiger partial charge in [-0.3, -0.25) is 0 Å². The number of aromatic nitrogens is 1. The number of rotatable bonds is 5. The normalized spacial score (nSPS) is 18.0. The molecule has 0 radical (unpaired) electrons. The van der Waals surface area contributed by atoms with Crippen molar-refractivity contribution in [2.24, 2.45) is 0 Å². The molecular weight excluding hydrogens is 302 g/mol. The summed E-state index contributed by atoms with van der Waals surface area (Å²) in [6, 6.07) is 8.38. The molecule has 1 unspecified atom stereocenters. The molecule has 1 aliphatic rings. The van der Waals surface area contributed by atoms with Gasteiger partial charge in [-0.05, 0) is 38.0 Å². The number of anilines is 3. The summed E-state index contributed by atoms with van der Waals surface area (Å²) in [4.78, 5) is 6.59. The van der Waals surface area contributed by atoms with Gasteiger partial charge >= 0.3 is 0 Å². The van der Waals surface area contributed by atoms with Gasteiger partial charge in [0.1, 0.15) is 5.82 Å². The van der Waals surface area contributed by atoms with Crippen LogP contribution in [0.15, 0.2) is 29.2 Å². The zero-order valence-corrected chi connectivity index (χ0v) is 13.6. The van der Waals surface area contributed by atoms with Gasteiger partial charge in [-0.15, -0.1) is 11.8 Å². The standard InChI is InChI=1S/C15H19N3OS2/c1-10-14(16)18-15(21-10)17-11-4-2-6-13(8-11)20-9-12-5-3-7-19-12/h2,4,6,8,12H,3,5,7,9,16H2,1H3,(H,17,18). The van der Waals surface area contributed by atoms with Crippen molar-refractivity contribution in [2.45, 2.75) is 30.8 Å². The van der Waals surface area contributed by atoms with E-state index in [1.54, 1.807) is 11.3 Å². The number of nitrogens with zero attached hydrogens (tertiary/aromatic N) is 1. The number of thioether (sulfide) groups is 1. The fraction of sp³-hybridized carbons (Fsp3) is 0.400. The molecule has 1 saturated heterocycles. The van der Waals surface area contributed by atoms with Crippen LogP contribution < -0.4 is 11.1 Å². The predicted molar refractivity (Wildman–Crippen MR) is 90.7 cm³/mol. The van der Waals surface area contributed by atoms with E-state index in [9.17, 15) is 0 Å². The van der Waals surface area contributed by atoms with Gasteiger partial charge in [0.25, 0.3) is 0 Å². The van der Waals surface area contributed by atoms with E-state index < -0.39 is 0 Å². The number of nitrogen functional groups attached to an aromatic ring is 1. The Kier molecular flexibility index (Phi) is 4.67. The van der Waals surface area contributed by atoms with Crippen molar-refractivity contribution < 1.29 is 4.74 Å². The quantitative estimate of drug-likeness (QED) is 0.814. The Hall–Kier alpha value is -1.24. The predicted octanol–water partition coefficient (Wildman–Crippen LogP) is 4.05. The molecule has 4 nitrogen and oxygen atoms in total. The third kappa shape index (κ3) is 3.90. The van der Waals surface area contributed by atoms with E-state index >= 15 is 0 Å². The van der Waals surface area contributed by atoms with Gasteiger partial charge in [0.2, 0.25) is 0 Å². The second kappa shape index (κ2) is 6.68. The van der Waals surface area contributed by atoms with Crippen LogP contribution in [0.3, 0.4) is 0 Å². The molecule has 6 heteroatoms. The average molecular weight is 321 g/mol. The van der Waals surface area contributed by atoms with Gasteiger partial charge in [-0.1, -0.05) is 17.4 Å². The minimum absolute atomic E-state index is 0.410. The molecule has 1 aromatic carbocycles. The topological polar surface area (TPSA) is 60.2 Å². The second-order valence-electron chi connectivity index (χ2n) is 5.06. The molecule has 0 amide bonds. The SMILES string of the molecule is Cc1sc(Nc2cccc(SCC3CCCO3)c2)nc1N. The molecule has 0 bridgehead atoms. The molecular formula is C15H19N3OS2. The van der Waals surface area contributed by atoms with E-state index in [4.69, 9.17) is 10.5 Å². The van der Waals surface area contributed by atoms with Crippen molar-refractivity contribution in [3.63, 3.8) is 0 Å². The Labute approximate surface area is 133 Å². The largest absolute Gasteiger partial charge is 0.383 e. The lowest BCUT2D eigenvalue weighted by Crippen LogP contribution is -2.07. The van der Waals surface area contributed by atoms with Gasteiger partial charge in [0.05, 0.1) is 6.10 Å². The molecule has 3 rings (SSSR count). The zero-order chi connectivity index (χ0) is 14.7. The fourth-order valence-corrected chi connectivity index (χ4v) is 3.99. The monoisotopic (exact) mass is 321 g/mol. The van der Waals surface area contributed by atoms with E-state index in [0.29, 0.717) is 11.9 Å². The van der Waals surface area contributed by atoms with E-state index in [1.165, 1.54) is 17.7 Å². The van der Waals surface area contributed by atoms with Crippen LogP contribution in [0.5, 0.6) is 0 Å². The Morgan fingerprint density at radius 2 is 2.43 bits per heavy atom. The summed E-state index contributed by atoms with van der Waals surface area (Å²) in [5.74, 6) is 1.62. The Morgan fingerprint density at radius 1 is 1.52 bits per heavy atom. The number of hydrogen-bond donors (Lipinski definition) is 2. The van der Waals surface area contributed by atoms with Crippen molar-refractivity contribution in [3.05, 3.63) is 29.1 Å². The first-order chi connectivity index (χ1) is 10.2. The van der Waals surface area contributed by atoms with Crippen molar-refractivity contribution in [2.75, 3.05) is 23.4 Å². The summed E-state index contributed by atoms with van der Waals surface area (Å²) in [7, 11) is 0. The van der Waals surface area contributed by atoms with Crippen LogP contribution in [0, 0.1) is 6.92 Å². The summed E-state index contributed by atoms with van der Waals surface area (Å²) >= 11 is 3.42. The summed E-state index contributed by atoms with van der Waals surface area (Å²) in [6.07, 6.45) is 2.79. The Bertz CT molecular complexity index is 589. The highest BCUT2D eigenvalue weighted by Crippen LogP contribution is 2.29. The van der Waals surface area contributed by atoms with Crippen LogP contribution in [0.1, 0.15) is 17.7 Å². The van der Waals surface area contributed by atoms with Crippen molar-refractivity contribution >= 4 is 39.7 Å². The van der Waals surface area contributed by atoms with Crippen LogP contribution >= 0.6 is 23.1 Å². The van der Waals surface area contributed by atoms with Crippen LogP contribution in [-0.2, 0) is 4.74 Å². The molecule has 1 aromatic heterocycles. The number of ether oxygens (including phenoxy) is 1. The van der Waals surface area contributed by atoms with Crippen molar-refractivity contribution in [1.29, 1.82) is 0 Å². The number of nitrogens with two attached hydrogens (primary N) is 1. The molecule has 2 heterocycles. The molecule has 1 fully saturated rings. The first-order valence-corrected chi connectivity index (χ1v) is 8.85. The Balaban J connectivity index is 1.62. The maximum absolute atomic E-state index is 5.78. The van der Waals surface area contributed by atoms with Crippen LogP contribution in [-0.4, -0.2) is 23.4 Å². The van der Waals surface area contributed by atoms with Gasteiger partial charge in [0.15, 0.2) is 5.13 Å². The maximum Gasteiger partial charge on any atom is 0.189 e. The lowest BCUT2D eigenvalue weighted by Gasteiger charge is -2.09. The molecule has 0 aliphatic carbocycles. The highest BCUT2D eigenvalue weighted by atomic mass is 32.2. The molecule has 21 heavy (non-hydrogen) atoms. The molecule has 0 spiro atoms. The minimum Gasteiger partial charge on any atom is -0.383 e. The lowest BCUT2D eigenvalue weighted by atomic mass is 10.3. The second-order valence-corrected chi connectivity index (χ2v) is 7.36. The molecule has 1 atom stereocenters. The van der Waals surface area contributed by atoms with E-state index in [2.05, 4.69) is 28.5 Å². The third-order valence-corrected chi connectivity index (χ3v) is 5.41. The third-order valence-electron chi connectivity index (χ3n) is 3.38. The highest BCUT2D eigenvalue weighted by molar-refractivity contribution is 7.99. The number of aryl methyl sites for hydroxylation is 1. The van der Waals surface area contributed by atoms with Crippen LogP contribution in [0.25, 0.3) is 0 Å². The summed E-state index contributed by atoms with van der Waals surface area (Å²) in [6.45, 7) is 2.89. The number of hydrogen-bond acceptors (Lipinski definition) is 6. The minimum atomic E-state index is 0.410. The molecule has 0 saturated carbocycles. The van der Waals surface area contributed by atoms with Crippen molar-refractivity contribution in [3.8, 4) is 0 Å². The number of nitrogens with one attached hydrogen (secondary N) is 1. The number of benzene rings is 1. The summed E-state index contributed by atoms with van der Waals surface area (Å²) in [5.41, 5.74) is 6.83. The van der Waals surface area contributed by atoms with Gasteiger partial charge in [-0.25, -0.2) is 4.98 Å². The molecule has 112 valence electrons. The highest BCUT2D eigenvalue weighted by Gasteiger charge is 2.15.